The Morgan fingerprint density at radius 3 is 1.83 bits per heavy atom. The first-order chi connectivity index (χ1) is 7.90. The Morgan fingerprint density at radius 1 is 0.944 bits per heavy atom. The maximum Gasteiger partial charge on any atom is 0.138 e. The van der Waals surface area contributed by atoms with Crippen molar-refractivity contribution in [1.29, 1.82) is 0 Å². The van der Waals surface area contributed by atoms with E-state index in [1.54, 1.807) is 0 Å². The molecular formula is C16H32OS. The summed E-state index contributed by atoms with van der Waals surface area (Å²) < 4.78 is 0.432. The van der Waals surface area contributed by atoms with Gasteiger partial charge in [0.25, 0.3) is 0 Å². The molecule has 0 aromatic rings. The molecule has 108 valence electrons. The highest BCUT2D eigenvalue weighted by Gasteiger charge is 2.30. The number of ketones is 1. The van der Waals surface area contributed by atoms with Gasteiger partial charge in [-0.25, -0.2) is 0 Å². The molecule has 0 bridgehead atoms. The topological polar surface area (TPSA) is 17.1 Å². The van der Waals surface area contributed by atoms with Crippen molar-refractivity contribution in [3.63, 3.8) is 0 Å². The SMILES string of the molecule is CCCC(C)(C)C(=O)CCC(C)(C)SC(C)(C)C. The molecule has 0 heterocycles. The number of thioether (sulfide) groups is 1. The van der Waals surface area contributed by atoms with Crippen LogP contribution in [0.4, 0.5) is 0 Å². The van der Waals surface area contributed by atoms with E-state index in [0.29, 0.717) is 12.2 Å². The first kappa shape index (κ1) is 18.0. The maximum absolute atomic E-state index is 12.3. The van der Waals surface area contributed by atoms with Crippen molar-refractivity contribution in [3.05, 3.63) is 0 Å². The highest BCUT2D eigenvalue weighted by atomic mass is 32.2. The molecule has 1 nitrogen and oxygen atoms in total. The Hall–Kier alpha value is 0.0200. The third-order valence-electron chi connectivity index (χ3n) is 3.17. The van der Waals surface area contributed by atoms with E-state index >= 15 is 0 Å². The van der Waals surface area contributed by atoms with E-state index in [2.05, 4.69) is 55.4 Å². The number of rotatable bonds is 7. The van der Waals surface area contributed by atoms with Crippen molar-refractivity contribution in [2.75, 3.05) is 0 Å². The van der Waals surface area contributed by atoms with Crippen LogP contribution in [0.3, 0.4) is 0 Å². The lowest BCUT2D eigenvalue weighted by Crippen LogP contribution is -2.28. The molecule has 0 unspecified atom stereocenters. The molecule has 0 fully saturated rings. The van der Waals surface area contributed by atoms with Gasteiger partial charge in [-0.2, -0.15) is 0 Å². The summed E-state index contributed by atoms with van der Waals surface area (Å²) in [6.07, 6.45) is 3.77. The molecule has 0 atom stereocenters. The van der Waals surface area contributed by atoms with Crippen LogP contribution in [0.15, 0.2) is 0 Å². The average molecular weight is 272 g/mol. The van der Waals surface area contributed by atoms with Crippen molar-refractivity contribution < 1.29 is 4.79 Å². The summed E-state index contributed by atoms with van der Waals surface area (Å²) in [5.74, 6) is 0.423. The smallest absolute Gasteiger partial charge is 0.138 e. The first-order valence-electron chi connectivity index (χ1n) is 7.13. The maximum atomic E-state index is 12.3. The summed E-state index contributed by atoms with van der Waals surface area (Å²) in [4.78, 5) is 12.3. The molecule has 0 aliphatic heterocycles. The van der Waals surface area contributed by atoms with Crippen molar-refractivity contribution in [2.45, 2.75) is 90.6 Å². The molecule has 0 radical (unpaired) electrons. The minimum Gasteiger partial charge on any atom is -0.299 e. The average Bonchev–Trinajstić information content (AvgIpc) is 2.10. The van der Waals surface area contributed by atoms with Crippen LogP contribution in [-0.2, 0) is 4.79 Å². The van der Waals surface area contributed by atoms with Crippen LogP contribution in [0.2, 0.25) is 0 Å². The van der Waals surface area contributed by atoms with Crippen LogP contribution >= 0.6 is 11.8 Å². The van der Waals surface area contributed by atoms with Crippen LogP contribution < -0.4 is 0 Å². The summed E-state index contributed by atoms with van der Waals surface area (Å²) >= 11 is 1.97. The van der Waals surface area contributed by atoms with Crippen LogP contribution in [0.5, 0.6) is 0 Å². The monoisotopic (exact) mass is 272 g/mol. The molecule has 0 saturated carbocycles. The van der Waals surface area contributed by atoms with Gasteiger partial charge in [0.05, 0.1) is 0 Å². The molecular weight excluding hydrogens is 240 g/mol. The Morgan fingerprint density at radius 2 is 1.44 bits per heavy atom. The van der Waals surface area contributed by atoms with E-state index in [9.17, 15) is 4.79 Å². The zero-order valence-electron chi connectivity index (χ0n) is 13.6. The lowest BCUT2D eigenvalue weighted by Gasteiger charge is -2.33. The van der Waals surface area contributed by atoms with E-state index in [0.717, 1.165) is 19.3 Å². The van der Waals surface area contributed by atoms with Crippen molar-refractivity contribution in [2.24, 2.45) is 5.41 Å². The largest absolute Gasteiger partial charge is 0.299 e. The van der Waals surface area contributed by atoms with Crippen LogP contribution in [0.25, 0.3) is 0 Å². The van der Waals surface area contributed by atoms with Crippen molar-refractivity contribution in [3.8, 4) is 0 Å². The van der Waals surface area contributed by atoms with E-state index in [1.165, 1.54) is 0 Å². The second kappa shape index (κ2) is 6.45. The predicted molar refractivity (Wildman–Crippen MR) is 84.4 cm³/mol. The minimum absolute atomic E-state index is 0.142. The number of hydrogen-bond acceptors (Lipinski definition) is 2. The van der Waals surface area contributed by atoms with Crippen LogP contribution in [0, 0.1) is 5.41 Å². The van der Waals surface area contributed by atoms with E-state index in [-0.39, 0.29) is 14.9 Å². The van der Waals surface area contributed by atoms with E-state index < -0.39 is 0 Å². The third kappa shape index (κ3) is 7.45. The zero-order chi connectivity index (χ0) is 14.6. The van der Waals surface area contributed by atoms with E-state index in [4.69, 9.17) is 0 Å². The fourth-order valence-corrected chi connectivity index (χ4v) is 4.26. The van der Waals surface area contributed by atoms with Gasteiger partial charge in [-0.3, -0.25) is 4.79 Å². The van der Waals surface area contributed by atoms with Crippen molar-refractivity contribution >= 4 is 17.5 Å². The molecule has 0 aromatic carbocycles. The quantitative estimate of drug-likeness (QED) is 0.611. The van der Waals surface area contributed by atoms with Gasteiger partial charge in [0.1, 0.15) is 5.78 Å². The molecule has 0 N–H and O–H groups in total. The van der Waals surface area contributed by atoms with Crippen LogP contribution in [0.1, 0.15) is 81.1 Å². The molecule has 2 heteroatoms. The third-order valence-corrected chi connectivity index (χ3v) is 4.54. The fraction of sp³-hybridized carbons (Fsp3) is 0.938. The van der Waals surface area contributed by atoms with Gasteiger partial charge < -0.3 is 0 Å². The molecule has 0 saturated heterocycles. The van der Waals surface area contributed by atoms with Gasteiger partial charge >= 0.3 is 0 Å². The predicted octanol–water partition coefficient (Wildman–Crippen LogP) is 5.47. The normalized spacial score (nSPS) is 13.8. The van der Waals surface area contributed by atoms with Gasteiger partial charge in [0, 0.05) is 21.3 Å². The Balaban J connectivity index is 4.36. The molecule has 0 aromatic heterocycles. The molecule has 0 rings (SSSR count). The fourth-order valence-electron chi connectivity index (χ4n) is 2.40. The highest BCUT2D eigenvalue weighted by Crippen LogP contribution is 2.39. The zero-order valence-corrected chi connectivity index (χ0v) is 14.5. The Labute approximate surface area is 118 Å². The Bertz CT molecular complexity index is 271. The number of carbonyl (C=O) groups is 1. The van der Waals surface area contributed by atoms with Gasteiger partial charge in [0.15, 0.2) is 0 Å². The number of hydrogen-bond donors (Lipinski definition) is 0. The van der Waals surface area contributed by atoms with Gasteiger partial charge in [-0.05, 0) is 12.8 Å². The number of Topliss-reactive ketones (excluding diaryl/α,β-unsaturated/α-hetero) is 1. The summed E-state index contributed by atoms with van der Waals surface area (Å²) in [6.45, 7) is 17.5. The molecule has 18 heavy (non-hydrogen) atoms. The van der Waals surface area contributed by atoms with Crippen LogP contribution in [-0.4, -0.2) is 15.3 Å². The summed E-state index contributed by atoms with van der Waals surface area (Å²) in [6, 6.07) is 0. The molecule has 0 amide bonds. The minimum atomic E-state index is -0.142. The number of carbonyl (C=O) groups excluding carboxylic acids is 1. The highest BCUT2D eigenvalue weighted by molar-refractivity contribution is 8.01. The molecule has 0 aliphatic carbocycles. The van der Waals surface area contributed by atoms with Gasteiger partial charge in [0.2, 0.25) is 0 Å². The van der Waals surface area contributed by atoms with Gasteiger partial charge in [-0.1, -0.05) is 61.8 Å². The molecule has 0 aliphatic rings. The Kier molecular flexibility index (Phi) is 6.46. The van der Waals surface area contributed by atoms with E-state index in [1.807, 2.05) is 11.8 Å². The van der Waals surface area contributed by atoms with Crippen molar-refractivity contribution in [1.82, 2.24) is 0 Å². The summed E-state index contributed by atoms with van der Waals surface area (Å²) in [5.41, 5.74) is -0.142. The second-order valence-electron chi connectivity index (χ2n) is 7.53. The summed E-state index contributed by atoms with van der Waals surface area (Å²) in [7, 11) is 0. The second-order valence-corrected chi connectivity index (χ2v) is 10.1. The standard InChI is InChI=1S/C16H32OS/c1-9-11-15(5,6)13(17)10-12-16(7,8)18-14(2,3)4/h9-12H2,1-8H3. The molecule has 0 spiro atoms. The lowest BCUT2D eigenvalue weighted by molar-refractivity contribution is -0.127. The van der Waals surface area contributed by atoms with Gasteiger partial charge in [-0.15, -0.1) is 11.8 Å². The lowest BCUT2D eigenvalue weighted by atomic mass is 9.81. The first-order valence-corrected chi connectivity index (χ1v) is 7.95. The summed E-state index contributed by atoms with van der Waals surface area (Å²) in [5, 5.41) is 0.